The molecular weight excluding hydrogens is 328 g/mol. The van der Waals surface area contributed by atoms with Crippen molar-refractivity contribution in [3.63, 3.8) is 0 Å². The van der Waals surface area contributed by atoms with Crippen LogP contribution in [0, 0.1) is 0 Å². The van der Waals surface area contributed by atoms with E-state index in [2.05, 4.69) is 20.3 Å². The highest BCUT2D eigenvalue weighted by Crippen LogP contribution is 2.43. The Hall–Kier alpha value is -2.30. The molecule has 2 aliphatic heterocycles. The number of nitrogens with two attached hydrogens (primary N) is 1. The maximum atomic E-state index is 12.4. The van der Waals surface area contributed by atoms with Gasteiger partial charge in [0.15, 0.2) is 29.6 Å². The van der Waals surface area contributed by atoms with Gasteiger partial charge in [0.1, 0.15) is 24.1 Å². The summed E-state index contributed by atoms with van der Waals surface area (Å²) in [7, 11) is 0. The molecule has 1 amide bonds. The molecule has 4 heterocycles. The summed E-state index contributed by atoms with van der Waals surface area (Å²) in [4.78, 5) is 24.8. The Bertz CT molecular complexity index is 821. The number of rotatable bonds is 3. The fraction of sp³-hybridized carbons (Fsp3) is 0.600. The van der Waals surface area contributed by atoms with Crippen LogP contribution in [0.2, 0.25) is 0 Å². The number of imidazole rings is 1. The first-order valence-electron chi connectivity index (χ1n) is 8.13. The van der Waals surface area contributed by atoms with E-state index < -0.39 is 30.3 Å². The van der Waals surface area contributed by atoms with Gasteiger partial charge in [-0.3, -0.25) is 9.36 Å². The summed E-state index contributed by atoms with van der Waals surface area (Å²) >= 11 is 0. The standard InChI is InChI=1S/C15H20N6O4/c1-4-17-13(22)9-8-10(25-15(2,3)24-8)14(23-9)21-6-20-7-11(16)18-5-19-12(7)21/h5-6,8-10,14H,4H2,1-3H3,(H,17,22)(H2,16,18,19)/t8-,9-,10+,14+/m0/s1. The first kappa shape index (κ1) is 16.2. The monoisotopic (exact) mass is 348 g/mol. The highest BCUT2D eigenvalue weighted by Gasteiger charge is 2.58. The number of carbonyl (C=O) groups excluding carboxylic acids is 1. The number of nitrogen functional groups attached to an aromatic ring is 1. The SMILES string of the molecule is CCNC(=O)[C@H]1O[C@@H](n2cnc3c(N)ncnc32)[C@@H]2OC(C)(C)O[C@H]21. The lowest BCUT2D eigenvalue weighted by Crippen LogP contribution is -2.42. The molecule has 2 fully saturated rings. The second-order valence-corrected chi connectivity index (χ2v) is 6.49. The van der Waals surface area contributed by atoms with E-state index in [9.17, 15) is 4.79 Å². The van der Waals surface area contributed by atoms with E-state index in [0.29, 0.717) is 17.7 Å². The van der Waals surface area contributed by atoms with Crippen molar-refractivity contribution in [3.8, 4) is 0 Å². The molecule has 2 aliphatic rings. The van der Waals surface area contributed by atoms with Crippen LogP contribution in [-0.4, -0.2) is 56.1 Å². The Kier molecular flexibility index (Phi) is 3.63. The summed E-state index contributed by atoms with van der Waals surface area (Å²) in [5.74, 6) is -0.769. The molecule has 134 valence electrons. The fourth-order valence-corrected chi connectivity index (χ4v) is 3.34. The van der Waals surface area contributed by atoms with Crippen molar-refractivity contribution in [1.29, 1.82) is 0 Å². The zero-order chi connectivity index (χ0) is 17.8. The second-order valence-electron chi connectivity index (χ2n) is 6.49. The van der Waals surface area contributed by atoms with E-state index in [1.165, 1.54) is 6.33 Å². The number of nitrogens with one attached hydrogen (secondary N) is 1. The second kappa shape index (κ2) is 5.61. The molecule has 10 nitrogen and oxygen atoms in total. The normalized spacial score (nSPS) is 30.5. The maximum absolute atomic E-state index is 12.4. The van der Waals surface area contributed by atoms with E-state index in [0.717, 1.165) is 0 Å². The van der Waals surface area contributed by atoms with Gasteiger partial charge in [0, 0.05) is 6.54 Å². The predicted octanol–water partition coefficient (Wildman–Crippen LogP) is -0.0379. The van der Waals surface area contributed by atoms with Gasteiger partial charge in [-0.1, -0.05) is 0 Å². The van der Waals surface area contributed by atoms with Crippen molar-refractivity contribution in [2.24, 2.45) is 0 Å². The van der Waals surface area contributed by atoms with Crippen LogP contribution in [0.1, 0.15) is 27.0 Å². The third-order valence-corrected chi connectivity index (χ3v) is 4.30. The number of ether oxygens (including phenoxy) is 3. The van der Waals surface area contributed by atoms with E-state index in [-0.39, 0.29) is 11.7 Å². The molecule has 4 rings (SSSR count). The van der Waals surface area contributed by atoms with E-state index in [4.69, 9.17) is 19.9 Å². The van der Waals surface area contributed by atoms with Crippen molar-refractivity contribution in [3.05, 3.63) is 12.7 Å². The average Bonchev–Trinajstić information content (AvgIpc) is 3.18. The van der Waals surface area contributed by atoms with Crippen LogP contribution in [0.25, 0.3) is 11.2 Å². The molecule has 0 saturated carbocycles. The quantitative estimate of drug-likeness (QED) is 0.791. The van der Waals surface area contributed by atoms with Gasteiger partial charge in [-0.15, -0.1) is 0 Å². The molecule has 0 spiro atoms. The Morgan fingerprint density at radius 2 is 2.08 bits per heavy atom. The van der Waals surface area contributed by atoms with Crippen LogP contribution in [0.5, 0.6) is 0 Å². The number of hydrogen-bond acceptors (Lipinski definition) is 8. The lowest BCUT2D eigenvalue weighted by molar-refractivity contribution is -0.197. The molecule has 0 aliphatic carbocycles. The van der Waals surface area contributed by atoms with Gasteiger partial charge in [-0.2, -0.15) is 0 Å². The van der Waals surface area contributed by atoms with Gasteiger partial charge < -0.3 is 25.3 Å². The lowest BCUT2D eigenvalue weighted by atomic mass is 10.1. The first-order chi connectivity index (χ1) is 11.9. The third kappa shape index (κ3) is 2.53. The smallest absolute Gasteiger partial charge is 0.252 e. The zero-order valence-electron chi connectivity index (χ0n) is 14.2. The van der Waals surface area contributed by atoms with Gasteiger partial charge in [0.05, 0.1) is 6.33 Å². The predicted molar refractivity (Wildman–Crippen MR) is 86.2 cm³/mol. The summed E-state index contributed by atoms with van der Waals surface area (Å²) in [5, 5.41) is 2.77. The minimum absolute atomic E-state index is 0.236. The van der Waals surface area contributed by atoms with Crippen LogP contribution in [0.4, 0.5) is 5.82 Å². The minimum Gasteiger partial charge on any atom is -0.382 e. The summed E-state index contributed by atoms with van der Waals surface area (Å²) in [6.45, 7) is 5.97. The van der Waals surface area contributed by atoms with Crippen LogP contribution < -0.4 is 11.1 Å². The third-order valence-electron chi connectivity index (χ3n) is 4.30. The van der Waals surface area contributed by atoms with Crippen LogP contribution >= 0.6 is 0 Å². The van der Waals surface area contributed by atoms with Crippen molar-refractivity contribution < 1.29 is 19.0 Å². The van der Waals surface area contributed by atoms with Gasteiger partial charge in [-0.25, -0.2) is 15.0 Å². The summed E-state index contributed by atoms with van der Waals surface area (Å²) in [5.41, 5.74) is 6.83. The number of likely N-dealkylation sites (N-methyl/N-ethyl adjacent to an activating group) is 1. The Balaban J connectivity index is 1.73. The van der Waals surface area contributed by atoms with E-state index >= 15 is 0 Å². The van der Waals surface area contributed by atoms with Crippen molar-refractivity contribution in [2.75, 3.05) is 12.3 Å². The summed E-state index contributed by atoms with van der Waals surface area (Å²) in [6.07, 6.45) is 0.526. The van der Waals surface area contributed by atoms with Gasteiger partial charge in [0.25, 0.3) is 5.91 Å². The lowest BCUT2D eigenvalue weighted by Gasteiger charge is -2.24. The molecular formula is C15H20N6O4. The number of aromatic nitrogens is 4. The first-order valence-corrected chi connectivity index (χ1v) is 8.13. The number of carbonyl (C=O) groups is 1. The molecule has 0 radical (unpaired) electrons. The van der Waals surface area contributed by atoms with Gasteiger partial charge in [-0.05, 0) is 20.8 Å². The molecule has 0 aromatic carbocycles. The highest BCUT2D eigenvalue weighted by atomic mass is 16.8. The van der Waals surface area contributed by atoms with Crippen molar-refractivity contribution in [2.45, 2.75) is 51.1 Å². The topological polar surface area (TPSA) is 126 Å². The number of amides is 1. The van der Waals surface area contributed by atoms with Crippen molar-refractivity contribution in [1.82, 2.24) is 24.8 Å². The number of nitrogens with zero attached hydrogens (tertiary/aromatic N) is 4. The molecule has 2 saturated heterocycles. The van der Waals surface area contributed by atoms with E-state index in [1.807, 2.05) is 20.8 Å². The Morgan fingerprint density at radius 1 is 1.32 bits per heavy atom. The van der Waals surface area contributed by atoms with Crippen LogP contribution in [0.15, 0.2) is 12.7 Å². The number of anilines is 1. The van der Waals surface area contributed by atoms with E-state index in [1.54, 1.807) is 10.9 Å². The Labute approximate surface area is 143 Å². The summed E-state index contributed by atoms with van der Waals surface area (Å²) < 4.78 is 19.6. The van der Waals surface area contributed by atoms with Gasteiger partial charge >= 0.3 is 0 Å². The largest absolute Gasteiger partial charge is 0.382 e. The molecule has 25 heavy (non-hydrogen) atoms. The molecule has 0 bridgehead atoms. The van der Waals surface area contributed by atoms with Crippen LogP contribution in [0.3, 0.4) is 0 Å². The van der Waals surface area contributed by atoms with Crippen LogP contribution in [-0.2, 0) is 19.0 Å². The molecule has 4 atom stereocenters. The maximum Gasteiger partial charge on any atom is 0.252 e. The molecule has 2 aromatic heterocycles. The highest BCUT2D eigenvalue weighted by molar-refractivity contribution is 5.82. The van der Waals surface area contributed by atoms with Crippen molar-refractivity contribution >= 4 is 22.9 Å². The Morgan fingerprint density at radius 3 is 2.84 bits per heavy atom. The number of fused-ring (bicyclic) bond motifs is 2. The molecule has 0 unspecified atom stereocenters. The molecule has 2 aromatic rings. The zero-order valence-corrected chi connectivity index (χ0v) is 14.2. The molecule has 10 heteroatoms. The average molecular weight is 348 g/mol. The van der Waals surface area contributed by atoms with Gasteiger partial charge in [0.2, 0.25) is 0 Å². The minimum atomic E-state index is -0.813. The number of hydrogen-bond donors (Lipinski definition) is 2. The summed E-state index contributed by atoms with van der Waals surface area (Å²) in [6, 6.07) is 0. The molecule has 3 N–H and O–H groups in total. The fourth-order valence-electron chi connectivity index (χ4n) is 3.34.